The first-order valence-corrected chi connectivity index (χ1v) is 8.83. The molecule has 0 aliphatic carbocycles. The van der Waals surface area contributed by atoms with E-state index in [1.807, 2.05) is 6.92 Å². The molecule has 0 radical (unpaired) electrons. The monoisotopic (exact) mass is 340 g/mol. The molecule has 1 aliphatic heterocycles. The van der Waals surface area contributed by atoms with Crippen LogP contribution in [0.4, 0.5) is 0 Å². The Kier molecular flexibility index (Phi) is 5.06. The molecule has 23 heavy (non-hydrogen) atoms. The molecule has 0 spiro atoms. The highest BCUT2D eigenvalue weighted by Gasteiger charge is 2.39. The molecular weight excluding hydrogens is 320 g/mol. The van der Waals surface area contributed by atoms with Crippen LogP contribution >= 0.6 is 0 Å². The number of sulfonamides is 1. The summed E-state index contributed by atoms with van der Waals surface area (Å²) in [5.41, 5.74) is 0.265. The minimum absolute atomic E-state index is 0.0546. The lowest BCUT2D eigenvalue weighted by Gasteiger charge is -2.21. The smallest absolute Gasteiger partial charge is 0.322 e. The van der Waals surface area contributed by atoms with E-state index in [-0.39, 0.29) is 22.9 Å². The molecule has 1 heterocycles. The predicted molar refractivity (Wildman–Crippen MR) is 83.6 cm³/mol. The molecule has 2 rings (SSSR count). The molecule has 1 aromatic rings. The van der Waals surface area contributed by atoms with E-state index in [0.717, 1.165) is 4.31 Å². The van der Waals surface area contributed by atoms with Crippen molar-refractivity contribution in [3.05, 3.63) is 29.8 Å². The molecule has 1 amide bonds. The minimum atomic E-state index is -3.94. The lowest BCUT2D eigenvalue weighted by molar-refractivity contribution is -0.140. The molecule has 0 saturated carbocycles. The zero-order valence-corrected chi connectivity index (χ0v) is 13.9. The number of carbonyl (C=O) groups is 2. The van der Waals surface area contributed by atoms with E-state index in [4.69, 9.17) is 0 Å². The number of carboxylic acid groups (broad SMARTS) is 1. The van der Waals surface area contributed by atoms with Crippen molar-refractivity contribution >= 4 is 21.9 Å². The molecule has 0 bridgehead atoms. The highest BCUT2D eigenvalue weighted by Crippen LogP contribution is 2.26. The Morgan fingerprint density at radius 2 is 2.09 bits per heavy atom. The Morgan fingerprint density at radius 1 is 1.39 bits per heavy atom. The van der Waals surface area contributed by atoms with Gasteiger partial charge < -0.3 is 10.0 Å². The number of carbonyl (C=O) groups excluding carboxylic acids is 1. The molecule has 1 N–H and O–H groups in total. The van der Waals surface area contributed by atoms with Crippen molar-refractivity contribution < 1.29 is 23.1 Å². The Labute approximate surface area is 135 Å². The standard InChI is InChI=1S/C15H20N2O5S/c1-3-16(2)14(18)11-6-4-7-12(10-11)23(21,22)17-9-5-8-13(17)15(19)20/h4,6-7,10,13H,3,5,8-9H2,1-2H3,(H,19,20)/t13-/m0/s1. The molecule has 8 heteroatoms. The zero-order valence-electron chi connectivity index (χ0n) is 13.1. The fourth-order valence-corrected chi connectivity index (χ4v) is 4.26. The summed E-state index contributed by atoms with van der Waals surface area (Å²) >= 11 is 0. The van der Waals surface area contributed by atoms with Crippen molar-refractivity contribution in [2.45, 2.75) is 30.7 Å². The third kappa shape index (κ3) is 3.37. The average molecular weight is 340 g/mol. The van der Waals surface area contributed by atoms with Crippen LogP contribution in [0.2, 0.25) is 0 Å². The number of nitrogens with zero attached hydrogens (tertiary/aromatic N) is 2. The van der Waals surface area contributed by atoms with Crippen LogP contribution in [-0.2, 0) is 14.8 Å². The van der Waals surface area contributed by atoms with Crippen molar-refractivity contribution in [2.24, 2.45) is 0 Å². The number of rotatable bonds is 5. The van der Waals surface area contributed by atoms with Gasteiger partial charge in [0.2, 0.25) is 10.0 Å². The van der Waals surface area contributed by atoms with Gasteiger partial charge in [-0.15, -0.1) is 0 Å². The summed E-state index contributed by atoms with van der Waals surface area (Å²) in [6.07, 6.45) is 0.805. The predicted octanol–water partition coefficient (Wildman–Crippen LogP) is 1.02. The molecule has 1 aromatic carbocycles. The van der Waals surface area contributed by atoms with E-state index < -0.39 is 22.0 Å². The number of carboxylic acids is 1. The molecule has 126 valence electrons. The highest BCUT2D eigenvalue weighted by atomic mass is 32.2. The first-order chi connectivity index (χ1) is 10.8. The molecule has 7 nitrogen and oxygen atoms in total. The zero-order chi connectivity index (χ0) is 17.2. The summed E-state index contributed by atoms with van der Waals surface area (Å²) in [6, 6.07) is 4.69. The molecule has 0 unspecified atom stereocenters. The van der Waals surface area contributed by atoms with E-state index >= 15 is 0 Å². The van der Waals surface area contributed by atoms with Crippen LogP contribution < -0.4 is 0 Å². The number of hydrogen-bond acceptors (Lipinski definition) is 4. The number of amides is 1. The summed E-state index contributed by atoms with van der Waals surface area (Å²) < 4.78 is 26.4. The van der Waals surface area contributed by atoms with E-state index in [9.17, 15) is 23.1 Å². The maximum absolute atomic E-state index is 12.7. The van der Waals surface area contributed by atoms with Crippen molar-refractivity contribution in [2.75, 3.05) is 20.1 Å². The minimum Gasteiger partial charge on any atom is -0.480 e. The van der Waals surface area contributed by atoms with E-state index in [1.165, 1.54) is 23.1 Å². The Morgan fingerprint density at radius 3 is 2.70 bits per heavy atom. The second kappa shape index (κ2) is 6.67. The van der Waals surface area contributed by atoms with Gasteiger partial charge in [-0.1, -0.05) is 6.07 Å². The lowest BCUT2D eigenvalue weighted by Crippen LogP contribution is -2.40. The van der Waals surface area contributed by atoms with Gasteiger partial charge in [0.25, 0.3) is 5.91 Å². The fraction of sp³-hybridized carbons (Fsp3) is 0.467. The van der Waals surface area contributed by atoms with Gasteiger partial charge in [0.15, 0.2) is 0 Å². The van der Waals surface area contributed by atoms with Crippen molar-refractivity contribution in [1.29, 1.82) is 0 Å². The SMILES string of the molecule is CCN(C)C(=O)c1cccc(S(=O)(=O)N2CCC[C@H]2C(=O)O)c1. The topological polar surface area (TPSA) is 95.0 Å². The second-order valence-corrected chi connectivity index (χ2v) is 7.35. The maximum Gasteiger partial charge on any atom is 0.322 e. The summed E-state index contributed by atoms with van der Waals surface area (Å²) in [6.45, 7) is 2.50. The van der Waals surface area contributed by atoms with Gasteiger partial charge in [0, 0.05) is 25.7 Å². The molecule has 1 atom stereocenters. The largest absolute Gasteiger partial charge is 0.480 e. The average Bonchev–Trinajstić information content (AvgIpc) is 3.04. The van der Waals surface area contributed by atoms with Gasteiger partial charge in [0.1, 0.15) is 6.04 Å². The van der Waals surface area contributed by atoms with Gasteiger partial charge in [-0.05, 0) is 38.0 Å². The van der Waals surface area contributed by atoms with Gasteiger partial charge in [0.05, 0.1) is 4.90 Å². The fourth-order valence-electron chi connectivity index (χ4n) is 2.56. The van der Waals surface area contributed by atoms with Crippen LogP contribution in [0.5, 0.6) is 0 Å². The van der Waals surface area contributed by atoms with Gasteiger partial charge in [-0.3, -0.25) is 9.59 Å². The van der Waals surface area contributed by atoms with Gasteiger partial charge >= 0.3 is 5.97 Å². The van der Waals surface area contributed by atoms with Crippen LogP contribution in [0.1, 0.15) is 30.1 Å². The van der Waals surface area contributed by atoms with Crippen LogP contribution in [-0.4, -0.2) is 60.8 Å². The summed E-state index contributed by atoms with van der Waals surface area (Å²) in [4.78, 5) is 24.8. The molecule has 0 aromatic heterocycles. The van der Waals surface area contributed by atoms with Crippen molar-refractivity contribution in [3.63, 3.8) is 0 Å². The van der Waals surface area contributed by atoms with Gasteiger partial charge in [-0.2, -0.15) is 4.31 Å². The van der Waals surface area contributed by atoms with Crippen LogP contribution in [0.3, 0.4) is 0 Å². The quantitative estimate of drug-likeness (QED) is 0.863. The van der Waals surface area contributed by atoms with Crippen LogP contribution in [0.25, 0.3) is 0 Å². The first-order valence-electron chi connectivity index (χ1n) is 7.39. The molecule has 1 saturated heterocycles. The number of aliphatic carboxylic acids is 1. The Balaban J connectivity index is 2.37. The molecule has 1 fully saturated rings. The van der Waals surface area contributed by atoms with E-state index in [0.29, 0.717) is 19.4 Å². The highest BCUT2D eigenvalue weighted by molar-refractivity contribution is 7.89. The van der Waals surface area contributed by atoms with Crippen LogP contribution in [0, 0.1) is 0 Å². The molecular formula is C15H20N2O5S. The Hall–Kier alpha value is -1.93. The van der Waals surface area contributed by atoms with Crippen molar-refractivity contribution in [3.8, 4) is 0 Å². The normalized spacial score (nSPS) is 18.8. The van der Waals surface area contributed by atoms with E-state index in [2.05, 4.69) is 0 Å². The Bertz CT molecular complexity index is 716. The third-order valence-electron chi connectivity index (χ3n) is 4.00. The van der Waals surface area contributed by atoms with Gasteiger partial charge in [-0.25, -0.2) is 8.42 Å². The summed E-state index contributed by atoms with van der Waals surface area (Å²) in [5.74, 6) is -1.43. The lowest BCUT2D eigenvalue weighted by atomic mass is 10.2. The third-order valence-corrected chi connectivity index (χ3v) is 5.90. The summed E-state index contributed by atoms with van der Waals surface area (Å²) in [7, 11) is -2.31. The number of hydrogen-bond donors (Lipinski definition) is 1. The number of benzene rings is 1. The maximum atomic E-state index is 12.7. The second-order valence-electron chi connectivity index (χ2n) is 5.46. The first kappa shape index (κ1) is 17.4. The van der Waals surface area contributed by atoms with Crippen LogP contribution in [0.15, 0.2) is 29.2 Å². The van der Waals surface area contributed by atoms with Crippen molar-refractivity contribution in [1.82, 2.24) is 9.21 Å². The van der Waals surface area contributed by atoms with E-state index in [1.54, 1.807) is 13.1 Å². The molecule has 1 aliphatic rings. The summed E-state index contributed by atoms with van der Waals surface area (Å²) in [5, 5.41) is 9.17.